The van der Waals surface area contributed by atoms with Crippen LogP contribution in [0.3, 0.4) is 0 Å². The highest BCUT2D eigenvalue weighted by Crippen LogP contribution is 2.28. The van der Waals surface area contributed by atoms with Gasteiger partial charge in [-0.25, -0.2) is 9.59 Å². The molecule has 9 heteroatoms. The van der Waals surface area contributed by atoms with Gasteiger partial charge in [-0.3, -0.25) is 14.8 Å². The Kier molecular flexibility index (Phi) is 6.63. The fourth-order valence-corrected chi connectivity index (χ4v) is 3.91. The number of piperazine rings is 1. The van der Waals surface area contributed by atoms with Crippen LogP contribution in [0, 0.1) is 0 Å². The van der Waals surface area contributed by atoms with E-state index in [0.717, 1.165) is 38.4 Å². The molecule has 4 heterocycles. The minimum atomic E-state index is -0.678. The van der Waals surface area contributed by atoms with Gasteiger partial charge in [0.1, 0.15) is 11.8 Å². The summed E-state index contributed by atoms with van der Waals surface area (Å²) >= 11 is 0. The summed E-state index contributed by atoms with van der Waals surface area (Å²) < 4.78 is 10.8. The summed E-state index contributed by atoms with van der Waals surface area (Å²) in [5.74, 6) is 0.0378. The average molecular weight is 425 g/mol. The molecule has 9 nitrogen and oxygen atoms in total. The Bertz CT molecular complexity index is 921. The molecule has 1 fully saturated rings. The number of hydrogen-bond acceptors (Lipinski definition) is 7. The smallest absolute Gasteiger partial charge is 0.338 e. The number of nitrogens with one attached hydrogen (secondary N) is 2. The fraction of sp³-hybridized carbons (Fsp3) is 0.409. The van der Waals surface area contributed by atoms with Crippen molar-refractivity contribution in [1.29, 1.82) is 0 Å². The average Bonchev–Trinajstić information content (AvgIpc) is 3.30. The Balaban J connectivity index is 1.47. The fourth-order valence-electron chi connectivity index (χ4n) is 3.91. The Morgan fingerprint density at radius 3 is 2.58 bits per heavy atom. The Hall–Kier alpha value is -3.17. The summed E-state index contributed by atoms with van der Waals surface area (Å²) in [6, 6.07) is 8.37. The highest BCUT2D eigenvalue weighted by molar-refractivity contribution is 5.95. The number of carbonyl (C=O) groups excluding carboxylic acids is 2. The van der Waals surface area contributed by atoms with Crippen LogP contribution in [0.2, 0.25) is 0 Å². The van der Waals surface area contributed by atoms with Gasteiger partial charge < -0.3 is 19.8 Å². The molecular formula is C22H27N5O4. The second-order valence-corrected chi connectivity index (χ2v) is 7.53. The molecule has 164 valence electrons. The molecule has 0 bridgehead atoms. The zero-order valence-electron chi connectivity index (χ0n) is 17.5. The van der Waals surface area contributed by atoms with Gasteiger partial charge in [0, 0.05) is 51.2 Å². The molecule has 2 N–H and O–H groups in total. The maximum atomic E-state index is 12.8. The first-order chi connectivity index (χ1) is 15.1. The number of nitrogens with zero attached hydrogens (tertiary/aromatic N) is 3. The molecule has 0 aromatic carbocycles. The first-order valence-corrected chi connectivity index (χ1v) is 10.5. The van der Waals surface area contributed by atoms with Crippen molar-refractivity contribution in [3.63, 3.8) is 0 Å². The molecule has 2 aliphatic rings. The van der Waals surface area contributed by atoms with Crippen LogP contribution in [0.4, 0.5) is 4.79 Å². The molecule has 0 aliphatic carbocycles. The minimum Gasteiger partial charge on any atom is -0.467 e. The second-order valence-electron chi connectivity index (χ2n) is 7.53. The van der Waals surface area contributed by atoms with E-state index in [-0.39, 0.29) is 12.6 Å². The first-order valence-electron chi connectivity index (χ1n) is 10.5. The van der Waals surface area contributed by atoms with Gasteiger partial charge in [0.05, 0.1) is 24.1 Å². The SMILES string of the molecule is CCOC(=O)C1=C(CN2CCN(Cc3ccccn3)CC2)NC(=O)NC1c1ccco1. The first kappa shape index (κ1) is 21.1. The van der Waals surface area contributed by atoms with Crippen LogP contribution in [0.25, 0.3) is 0 Å². The normalized spacial score (nSPS) is 20.3. The van der Waals surface area contributed by atoms with Crippen molar-refractivity contribution in [3.8, 4) is 0 Å². The molecule has 4 rings (SSSR count). The number of amides is 2. The van der Waals surface area contributed by atoms with Gasteiger partial charge in [0.25, 0.3) is 0 Å². The van der Waals surface area contributed by atoms with Gasteiger partial charge in [-0.15, -0.1) is 0 Å². The predicted molar refractivity (Wildman–Crippen MR) is 113 cm³/mol. The highest BCUT2D eigenvalue weighted by Gasteiger charge is 2.36. The van der Waals surface area contributed by atoms with E-state index in [0.29, 0.717) is 23.6 Å². The number of aromatic nitrogens is 1. The Morgan fingerprint density at radius 2 is 1.94 bits per heavy atom. The minimum absolute atomic E-state index is 0.251. The maximum Gasteiger partial charge on any atom is 0.338 e. The summed E-state index contributed by atoms with van der Waals surface area (Å²) in [5.41, 5.74) is 1.99. The van der Waals surface area contributed by atoms with Crippen molar-refractivity contribution in [2.75, 3.05) is 39.3 Å². The lowest BCUT2D eigenvalue weighted by Gasteiger charge is -2.36. The quantitative estimate of drug-likeness (QED) is 0.651. The molecule has 2 aromatic heterocycles. The van der Waals surface area contributed by atoms with E-state index in [1.54, 1.807) is 19.1 Å². The number of ether oxygens (including phenoxy) is 1. The van der Waals surface area contributed by atoms with E-state index < -0.39 is 12.0 Å². The van der Waals surface area contributed by atoms with Crippen molar-refractivity contribution >= 4 is 12.0 Å². The van der Waals surface area contributed by atoms with Gasteiger partial charge in [-0.2, -0.15) is 0 Å². The Labute approximate surface area is 181 Å². The number of pyridine rings is 1. The lowest BCUT2D eigenvalue weighted by Crippen LogP contribution is -2.51. The molecular weight excluding hydrogens is 398 g/mol. The van der Waals surface area contributed by atoms with Crippen LogP contribution in [0.5, 0.6) is 0 Å². The molecule has 0 saturated carbocycles. The molecule has 2 amide bonds. The monoisotopic (exact) mass is 425 g/mol. The topological polar surface area (TPSA) is 99.9 Å². The van der Waals surface area contributed by atoms with E-state index in [4.69, 9.17) is 9.15 Å². The van der Waals surface area contributed by atoms with Crippen molar-refractivity contribution in [1.82, 2.24) is 25.4 Å². The lowest BCUT2D eigenvalue weighted by atomic mass is 9.99. The van der Waals surface area contributed by atoms with Crippen molar-refractivity contribution in [3.05, 3.63) is 65.5 Å². The van der Waals surface area contributed by atoms with Crippen LogP contribution in [-0.2, 0) is 16.1 Å². The summed E-state index contributed by atoms with van der Waals surface area (Å²) in [5, 5.41) is 5.59. The number of hydrogen-bond donors (Lipinski definition) is 2. The third-order valence-electron chi connectivity index (χ3n) is 5.44. The molecule has 0 radical (unpaired) electrons. The third kappa shape index (κ3) is 5.12. The van der Waals surface area contributed by atoms with Crippen LogP contribution in [0.15, 0.2) is 58.5 Å². The van der Waals surface area contributed by atoms with Gasteiger partial charge in [-0.05, 0) is 31.2 Å². The number of carbonyl (C=O) groups is 2. The van der Waals surface area contributed by atoms with E-state index in [9.17, 15) is 9.59 Å². The summed E-state index contributed by atoms with van der Waals surface area (Å²) in [6.45, 7) is 6.68. The third-order valence-corrected chi connectivity index (χ3v) is 5.44. The molecule has 31 heavy (non-hydrogen) atoms. The van der Waals surface area contributed by atoms with Crippen LogP contribution >= 0.6 is 0 Å². The van der Waals surface area contributed by atoms with E-state index in [1.165, 1.54) is 6.26 Å². The van der Waals surface area contributed by atoms with Crippen molar-refractivity contribution < 1.29 is 18.7 Å². The van der Waals surface area contributed by atoms with Crippen LogP contribution in [0.1, 0.15) is 24.4 Å². The van der Waals surface area contributed by atoms with Gasteiger partial charge in [0.15, 0.2) is 0 Å². The van der Waals surface area contributed by atoms with Gasteiger partial charge in [0.2, 0.25) is 0 Å². The highest BCUT2D eigenvalue weighted by atomic mass is 16.5. The summed E-state index contributed by atoms with van der Waals surface area (Å²) in [4.78, 5) is 34.1. The van der Waals surface area contributed by atoms with Gasteiger partial charge >= 0.3 is 12.0 Å². The number of urea groups is 1. The lowest BCUT2D eigenvalue weighted by molar-refractivity contribution is -0.139. The summed E-state index contributed by atoms with van der Waals surface area (Å²) in [6.07, 6.45) is 3.33. The van der Waals surface area contributed by atoms with Crippen LogP contribution < -0.4 is 10.6 Å². The standard InChI is InChI=1S/C22H27N5O4/c1-2-30-21(28)19-17(24-22(29)25-20(19)18-7-5-13-31-18)15-27-11-9-26(10-12-27)14-16-6-3-4-8-23-16/h3-8,13,20H,2,9-12,14-15H2,1H3,(H2,24,25,29). The molecule has 2 aliphatic heterocycles. The zero-order valence-corrected chi connectivity index (χ0v) is 17.5. The zero-order chi connectivity index (χ0) is 21.6. The van der Waals surface area contributed by atoms with Crippen molar-refractivity contribution in [2.24, 2.45) is 0 Å². The number of esters is 1. The van der Waals surface area contributed by atoms with E-state index in [1.807, 2.05) is 24.4 Å². The second kappa shape index (κ2) is 9.76. The molecule has 1 saturated heterocycles. The summed E-state index contributed by atoms with van der Waals surface area (Å²) in [7, 11) is 0. The van der Waals surface area contributed by atoms with Crippen molar-refractivity contribution in [2.45, 2.75) is 19.5 Å². The molecule has 2 aromatic rings. The predicted octanol–water partition coefficient (Wildman–Crippen LogP) is 1.66. The molecule has 1 atom stereocenters. The van der Waals surface area contributed by atoms with E-state index >= 15 is 0 Å². The maximum absolute atomic E-state index is 12.8. The van der Waals surface area contributed by atoms with Gasteiger partial charge in [-0.1, -0.05) is 6.07 Å². The van der Waals surface area contributed by atoms with Crippen LogP contribution in [-0.4, -0.2) is 66.1 Å². The number of furan rings is 1. The number of rotatable bonds is 7. The largest absolute Gasteiger partial charge is 0.467 e. The Morgan fingerprint density at radius 1 is 1.16 bits per heavy atom. The van der Waals surface area contributed by atoms with E-state index in [2.05, 4.69) is 25.4 Å². The molecule has 0 spiro atoms. The molecule has 1 unspecified atom stereocenters.